The van der Waals surface area contributed by atoms with Gasteiger partial charge in [-0.05, 0) is 104 Å². The average Bonchev–Trinajstić information content (AvgIpc) is 3.21. The number of hydrogen-bond acceptors (Lipinski definition) is 4. The molecule has 4 heterocycles. The molecule has 2 aromatic heterocycles. The molecule has 0 radical (unpaired) electrons. The van der Waals surface area contributed by atoms with Crippen molar-refractivity contribution in [3.05, 3.63) is 183 Å². The van der Waals surface area contributed by atoms with Gasteiger partial charge in [0.25, 0.3) is 0 Å². The normalized spacial score (nSPS) is 15.1. The van der Waals surface area contributed by atoms with Crippen LogP contribution in [0.2, 0.25) is 0 Å². The zero-order valence-corrected chi connectivity index (χ0v) is 28.5. The highest BCUT2D eigenvalue weighted by Crippen LogP contribution is 2.44. The summed E-state index contributed by atoms with van der Waals surface area (Å²) in [6.45, 7) is 0. The topological polar surface area (TPSA) is 44.2 Å². The number of pyridine rings is 2. The third-order valence-electron chi connectivity index (χ3n) is 10.1. The smallest absolute Gasteiger partial charge is 0.197 e. The van der Waals surface area contributed by atoms with Crippen molar-refractivity contribution >= 4 is 28.8 Å². The molecule has 0 saturated heterocycles. The Labute approximate surface area is 297 Å². The van der Waals surface area contributed by atoms with Crippen molar-refractivity contribution in [1.82, 2.24) is 9.97 Å². The standard InChI is InChI=1S/C46H30N2O2Si/c1-2-15-38(16-3-1)51-43-19-6-4-17-40(43)49-42-22-21-39(45(46(42)51)50-41-18-5-7-20-44(41)51)32-12-8-11-31(25-32)35-26-36(33-13-9-23-47-29-33)28-37(27-35)34-14-10-24-48-30-34/h1-30H. The zero-order valence-electron chi connectivity index (χ0n) is 27.5. The highest BCUT2D eigenvalue weighted by atomic mass is 28.3. The van der Waals surface area contributed by atoms with Crippen molar-refractivity contribution < 1.29 is 9.47 Å². The molecular weight excluding hydrogens is 641 g/mol. The van der Waals surface area contributed by atoms with Gasteiger partial charge in [0.1, 0.15) is 23.0 Å². The minimum Gasteiger partial charge on any atom is -0.457 e. The molecule has 0 bridgehead atoms. The lowest BCUT2D eigenvalue weighted by Gasteiger charge is -2.44. The molecule has 240 valence electrons. The number of hydrogen-bond donors (Lipinski definition) is 0. The maximum absolute atomic E-state index is 7.01. The predicted octanol–water partition coefficient (Wildman–Crippen LogP) is 8.73. The second-order valence-electron chi connectivity index (χ2n) is 13.0. The summed E-state index contributed by atoms with van der Waals surface area (Å²) >= 11 is 0. The Bertz CT molecular complexity index is 2520. The Hall–Kier alpha value is -6.56. The van der Waals surface area contributed by atoms with Crippen LogP contribution in [0.15, 0.2) is 183 Å². The lowest BCUT2D eigenvalue weighted by Crippen LogP contribution is -2.77. The maximum atomic E-state index is 7.01. The van der Waals surface area contributed by atoms with Crippen LogP contribution in [0.4, 0.5) is 0 Å². The minimum absolute atomic E-state index is 0.860. The van der Waals surface area contributed by atoms with E-state index in [1.165, 1.54) is 15.6 Å². The summed E-state index contributed by atoms with van der Waals surface area (Å²) in [6.07, 6.45) is 7.45. The lowest BCUT2D eigenvalue weighted by atomic mass is 9.92. The number of benzene rings is 6. The first-order chi connectivity index (χ1) is 25.3. The van der Waals surface area contributed by atoms with Crippen LogP contribution >= 0.6 is 0 Å². The van der Waals surface area contributed by atoms with Gasteiger partial charge in [-0.2, -0.15) is 0 Å². The highest BCUT2D eigenvalue weighted by molar-refractivity contribution is 7.21. The molecule has 10 rings (SSSR count). The zero-order chi connectivity index (χ0) is 33.8. The molecule has 6 aromatic carbocycles. The molecular formula is C46H30N2O2Si. The third-order valence-corrected chi connectivity index (χ3v) is 15.0. The van der Waals surface area contributed by atoms with E-state index in [9.17, 15) is 0 Å². The summed E-state index contributed by atoms with van der Waals surface area (Å²) in [4.78, 5) is 8.82. The molecule has 5 heteroatoms. The number of para-hydroxylation sites is 2. The third kappa shape index (κ3) is 4.67. The van der Waals surface area contributed by atoms with Gasteiger partial charge in [0.05, 0.1) is 0 Å². The van der Waals surface area contributed by atoms with E-state index in [0.717, 1.165) is 72.7 Å². The van der Waals surface area contributed by atoms with Crippen LogP contribution in [0.25, 0.3) is 44.5 Å². The number of aromatic nitrogens is 2. The van der Waals surface area contributed by atoms with E-state index < -0.39 is 8.07 Å². The van der Waals surface area contributed by atoms with E-state index >= 15 is 0 Å². The second-order valence-corrected chi connectivity index (χ2v) is 16.6. The average molecular weight is 671 g/mol. The van der Waals surface area contributed by atoms with Gasteiger partial charge in [-0.3, -0.25) is 9.97 Å². The van der Waals surface area contributed by atoms with Crippen molar-refractivity contribution in [3.8, 4) is 67.5 Å². The van der Waals surface area contributed by atoms with Gasteiger partial charge >= 0.3 is 0 Å². The van der Waals surface area contributed by atoms with E-state index in [4.69, 9.17) is 9.47 Å². The van der Waals surface area contributed by atoms with E-state index in [0.29, 0.717) is 0 Å². The summed E-state index contributed by atoms with van der Waals surface area (Å²) in [7, 11) is -2.85. The van der Waals surface area contributed by atoms with Crippen molar-refractivity contribution in [2.75, 3.05) is 0 Å². The lowest BCUT2D eigenvalue weighted by molar-refractivity contribution is 0.465. The van der Waals surface area contributed by atoms with Crippen molar-refractivity contribution in [3.63, 3.8) is 0 Å². The fourth-order valence-corrected chi connectivity index (χ4v) is 13.1. The first-order valence-electron chi connectivity index (χ1n) is 17.1. The number of ether oxygens (including phenoxy) is 2. The molecule has 2 aliphatic heterocycles. The van der Waals surface area contributed by atoms with Gasteiger partial charge in [-0.25, -0.2) is 0 Å². The predicted molar refractivity (Wildman–Crippen MR) is 208 cm³/mol. The van der Waals surface area contributed by atoms with E-state index in [1.807, 2.05) is 36.9 Å². The summed E-state index contributed by atoms with van der Waals surface area (Å²) in [6, 6.07) is 56.1. The molecule has 51 heavy (non-hydrogen) atoms. The fraction of sp³-hybridized carbons (Fsp3) is 0. The molecule has 1 unspecified atom stereocenters. The van der Waals surface area contributed by atoms with Crippen molar-refractivity contribution in [2.24, 2.45) is 0 Å². The number of fused-ring (bicyclic) bond motifs is 4. The molecule has 0 saturated carbocycles. The quantitative estimate of drug-likeness (QED) is 0.172. The van der Waals surface area contributed by atoms with E-state index in [-0.39, 0.29) is 0 Å². The van der Waals surface area contributed by atoms with Crippen LogP contribution in [-0.4, -0.2) is 18.0 Å². The van der Waals surface area contributed by atoms with Crippen molar-refractivity contribution in [1.29, 1.82) is 0 Å². The molecule has 2 aliphatic rings. The van der Waals surface area contributed by atoms with Crippen LogP contribution in [0.5, 0.6) is 23.0 Å². The molecule has 0 amide bonds. The van der Waals surface area contributed by atoms with Crippen molar-refractivity contribution in [2.45, 2.75) is 0 Å². The molecule has 0 spiro atoms. The Kier molecular flexibility index (Phi) is 6.79. The largest absolute Gasteiger partial charge is 0.457 e. The van der Waals surface area contributed by atoms with Gasteiger partial charge in [0.2, 0.25) is 0 Å². The molecule has 0 fully saturated rings. The summed E-state index contributed by atoms with van der Waals surface area (Å²) in [5.74, 6) is 3.54. The Morgan fingerprint density at radius 3 is 1.59 bits per heavy atom. The SMILES string of the molecule is c1ccc([Si]23c4ccccc4Oc4ccc(-c5cccc(-c6cc(-c7cccnc7)cc(-c7cccnc7)c6)c5)c(c42)Oc2ccccc23)cc1. The Morgan fingerprint density at radius 2 is 0.941 bits per heavy atom. The van der Waals surface area contributed by atoms with Crippen LogP contribution < -0.4 is 30.2 Å². The van der Waals surface area contributed by atoms with Gasteiger partial charge < -0.3 is 9.47 Å². The van der Waals surface area contributed by atoms with E-state index in [1.54, 1.807) is 0 Å². The summed E-state index contributed by atoms with van der Waals surface area (Å²) in [5, 5.41) is 4.94. The molecule has 0 aliphatic carbocycles. The van der Waals surface area contributed by atoms with Crippen LogP contribution in [-0.2, 0) is 0 Å². The summed E-state index contributed by atoms with van der Waals surface area (Å²) in [5.41, 5.74) is 8.67. The molecule has 0 N–H and O–H groups in total. The maximum Gasteiger partial charge on any atom is 0.197 e. The van der Waals surface area contributed by atoms with Crippen LogP contribution in [0.3, 0.4) is 0 Å². The van der Waals surface area contributed by atoms with Crippen LogP contribution in [0.1, 0.15) is 0 Å². The first kappa shape index (κ1) is 29.4. The monoisotopic (exact) mass is 670 g/mol. The minimum atomic E-state index is -2.85. The van der Waals surface area contributed by atoms with Crippen LogP contribution in [0, 0.1) is 0 Å². The Morgan fingerprint density at radius 1 is 0.392 bits per heavy atom. The number of rotatable bonds is 5. The summed E-state index contributed by atoms with van der Waals surface area (Å²) < 4.78 is 13.7. The molecule has 8 aromatic rings. The van der Waals surface area contributed by atoms with E-state index in [2.05, 4.69) is 156 Å². The molecule has 1 atom stereocenters. The highest BCUT2D eigenvalue weighted by Gasteiger charge is 2.54. The van der Waals surface area contributed by atoms with Gasteiger partial charge in [0, 0.05) is 46.7 Å². The Balaban J connectivity index is 1.19. The van der Waals surface area contributed by atoms with Gasteiger partial charge in [-0.15, -0.1) is 0 Å². The van der Waals surface area contributed by atoms with Gasteiger partial charge in [0.15, 0.2) is 8.07 Å². The first-order valence-corrected chi connectivity index (χ1v) is 19.1. The number of nitrogens with zero attached hydrogens (tertiary/aromatic N) is 2. The van der Waals surface area contributed by atoms with Gasteiger partial charge in [-0.1, -0.05) is 97.1 Å². The molecule has 4 nitrogen and oxygen atoms in total. The second kappa shape index (κ2) is 11.8. The fourth-order valence-electron chi connectivity index (χ4n) is 7.92.